The average Bonchev–Trinajstić information content (AvgIpc) is 2.54. The van der Waals surface area contributed by atoms with Gasteiger partial charge in [0.15, 0.2) is 0 Å². The first kappa shape index (κ1) is 15.3. The fourth-order valence-corrected chi connectivity index (χ4v) is 2.25. The van der Waals surface area contributed by atoms with Crippen LogP contribution in [0.15, 0.2) is 60.7 Å². The van der Waals surface area contributed by atoms with Gasteiger partial charge in [-0.15, -0.1) is 0 Å². The zero-order chi connectivity index (χ0) is 14.9. The molecular formula is C19H22O2. The van der Waals surface area contributed by atoms with E-state index in [4.69, 9.17) is 4.74 Å². The van der Waals surface area contributed by atoms with Gasteiger partial charge >= 0.3 is 5.97 Å². The number of hydrogen-bond acceptors (Lipinski definition) is 2. The van der Waals surface area contributed by atoms with E-state index in [-0.39, 0.29) is 11.9 Å². The molecule has 0 bridgehead atoms. The summed E-state index contributed by atoms with van der Waals surface area (Å²) in [6.07, 6.45) is 2.88. The number of carbonyl (C=O) groups is 1. The van der Waals surface area contributed by atoms with Gasteiger partial charge in [-0.05, 0) is 30.4 Å². The third-order valence-electron chi connectivity index (χ3n) is 3.57. The van der Waals surface area contributed by atoms with E-state index >= 15 is 0 Å². The van der Waals surface area contributed by atoms with Crippen molar-refractivity contribution < 1.29 is 9.53 Å². The van der Waals surface area contributed by atoms with Crippen molar-refractivity contribution in [2.75, 3.05) is 0 Å². The third-order valence-corrected chi connectivity index (χ3v) is 3.57. The van der Waals surface area contributed by atoms with E-state index in [1.807, 2.05) is 55.5 Å². The van der Waals surface area contributed by atoms with Crippen molar-refractivity contribution in [1.29, 1.82) is 0 Å². The van der Waals surface area contributed by atoms with Crippen LogP contribution < -0.4 is 0 Å². The van der Waals surface area contributed by atoms with Crippen LogP contribution in [0.1, 0.15) is 30.9 Å². The van der Waals surface area contributed by atoms with Gasteiger partial charge in [0.25, 0.3) is 0 Å². The van der Waals surface area contributed by atoms with Crippen LogP contribution in [0, 0.1) is 5.92 Å². The van der Waals surface area contributed by atoms with Gasteiger partial charge in [-0.3, -0.25) is 4.79 Å². The molecule has 2 heteroatoms. The number of benzene rings is 2. The largest absolute Gasteiger partial charge is 0.461 e. The van der Waals surface area contributed by atoms with Crippen molar-refractivity contribution in [3.8, 4) is 0 Å². The molecule has 0 amide bonds. The number of hydrogen-bond donors (Lipinski definition) is 0. The highest BCUT2D eigenvalue weighted by Gasteiger charge is 2.14. The molecule has 0 spiro atoms. The summed E-state index contributed by atoms with van der Waals surface area (Å²) in [5.41, 5.74) is 2.35. The number of carbonyl (C=O) groups excluding carboxylic acids is 1. The summed E-state index contributed by atoms with van der Waals surface area (Å²) >= 11 is 0. The molecule has 1 atom stereocenters. The maximum atomic E-state index is 11.9. The van der Waals surface area contributed by atoms with Crippen LogP contribution >= 0.6 is 0 Å². The van der Waals surface area contributed by atoms with Crippen LogP contribution in [0.5, 0.6) is 0 Å². The first-order valence-corrected chi connectivity index (χ1v) is 7.50. The van der Waals surface area contributed by atoms with Crippen molar-refractivity contribution in [3.63, 3.8) is 0 Å². The monoisotopic (exact) mass is 282 g/mol. The highest BCUT2D eigenvalue weighted by molar-refractivity contribution is 5.71. The minimum Gasteiger partial charge on any atom is -0.461 e. The molecule has 0 aromatic heterocycles. The molecule has 2 aromatic carbocycles. The van der Waals surface area contributed by atoms with Crippen LogP contribution in [0.3, 0.4) is 0 Å². The van der Waals surface area contributed by atoms with Gasteiger partial charge in [-0.2, -0.15) is 0 Å². The molecule has 21 heavy (non-hydrogen) atoms. The van der Waals surface area contributed by atoms with Crippen molar-refractivity contribution in [2.24, 2.45) is 5.92 Å². The first-order valence-electron chi connectivity index (χ1n) is 7.50. The lowest BCUT2D eigenvalue weighted by molar-refractivity contribution is -0.149. The molecule has 0 saturated heterocycles. The summed E-state index contributed by atoms with van der Waals surface area (Å²) < 4.78 is 5.35. The van der Waals surface area contributed by atoms with Gasteiger partial charge in [-0.1, -0.05) is 67.6 Å². The smallest absolute Gasteiger partial charge is 0.308 e. The molecular weight excluding hydrogens is 260 g/mol. The molecule has 0 saturated carbocycles. The number of rotatable bonds is 7. The minimum atomic E-state index is -0.105. The van der Waals surface area contributed by atoms with E-state index in [1.54, 1.807) is 0 Å². The molecule has 0 N–H and O–H groups in total. The summed E-state index contributed by atoms with van der Waals surface area (Å²) in [7, 11) is 0. The second kappa shape index (κ2) is 8.25. The fourth-order valence-electron chi connectivity index (χ4n) is 2.25. The summed E-state index contributed by atoms with van der Waals surface area (Å²) in [5, 5.41) is 0. The van der Waals surface area contributed by atoms with E-state index in [1.165, 1.54) is 5.56 Å². The average molecular weight is 282 g/mol. The second-order valence-corrected chi connectivity index (χ2v) is 5.37. The maximum absolute atomic E-state index is 11.9. The zero-order valence-electron chi connectivity index (χ0n) is 12.5. The van der Waals surface area contributed by atoms with Crippen molar-refractivity contribution in [2.45, 2.75) is 32.8 Å². The third kappa shape index (κ3) is 5.42. The molecule has 2 aromatic rings. The highest BCUT2D eigenvalue weighted by atomic mass is 16.5. The van der Waals surface area contributed by atoms with Crippen molar-refractivity contribution in [3.05, 3.63) is 71.8 Å². The molecule has 0 aliphatic carbocycles. The number of esters is 1. The van der Waals surface area contributed by atoms with Crippen LogP contribution in [0.2, 0.25) is 0 Å². The maximum Gasteiger partial charge on any atom is 0.308 e. The Kier molecular flexibility index (Phi) is 6.01. The minimum absolute atomic E-state index is 0.0441. The number of aryl methyl sites for hydroxylation is 1. The lowest BCUT2D eigenvalue weighted by atomic mass is 10.0. The lowest BCUT2D eigenvalue weighted by Gasteiger charge is -2.11. The molecule has 0 heterocycles. The first-order chi connectivity index (χ1) is 10.3. The van der Waals surface area contributed by atoms with Gasteiger partial charge in [0.1, 0.15) is 6.61 Å². The summed E-state index contributed by atoms with van der Waals surface area (Å²) in [6, 6.07) is 20.2. The summed E-state index contributed by atoms with van der Waals surface area (Å²) in [5.74, 6) is -0.149. The van der Waals surface area contributed by atoms with E-state index < -0.39 is 0 Å². The zero-order valence-corrected chi connectivity index (χ0v) is 12.5. The Morgan fingerprint density at radius 1 is 0.952 bits per heavy atom. The Balaban J connectivity index is 1.68. The molecule has 0 aliphatic rings. The molecule has 2 nitrogen and oxygen atoms in total. The molecule has 0 aliphatic heterocycles. The van der Waals surface area contributed by atoms with Gasteiger partial charge in [0, 0.05) is 0 Å². The van der Waals surface area contributed by atoms with Crippen LogP contribution in [-0.4, -0.2) is 5.97 Å². The molecule has 2 rings (SSSR count). The quantitative estimate of drug-likeness (QED) is 0.704. The predicted octanol–water partition coefficient (Wildman–Crippen LogP) is 4.39. The Morgan fingerprint density at radius 3 is 2.14 bits per heavy atom. The highest BCUT2D eigenvalue weighted by Crippen LogP contribution is 2.13. The van der Waals surface area contributed by atoms with Gasteiger partial charge in [0.2, 0.25) is 0 Å². The van der Waals surface area contributed by atoms with Crippen LogP contribution in [0.25, 0.3) is 0 Å². The molecule has 1 unspecified atom stereocenters. The Labute approximate surface area is 126 Å². The second-order valence-electron chi connectivity index (χ2n) is 5.37. The SMILES string of the molecule is CC(CCCc1ccccc1)C(=O)OCc1ccccc1. The van der Waals surface area contributed by atoms with E-state index in [2.05, 4.69) is 12.1 Å². The van der Waals surface area contributed by atoms with Gasteiger partial charge < -0.3 is 4.74 Å². The summed E-state index contributed by atoms with van der Waals surface area (Å²) in [6.45, 7) is 2.31. The number of ether oxygens (including phenoxy) is 1. The normalized spacial score (nSPS) is 11.9. The van der Waals surface area contributed by atoms with Gasteiger partial charge in [0.05, 0.1) is 5.92 Å². The van der Waals surface area contributed by atoms with E-state index in [9.17, 15) is 4.79 Å². The van der Waals surface area contributed by atoms with E-state index in [0.717, 1.165) is 24.8 Å². The van der Waals surface area contributed by atoms with E-state index in [0.29, 0.717) is 6.61 Å². The Hall–Kier alpha value is -2.09. The topological polar surface area (TPSA) is 26.3 Å². The summed E-state index contributed by atoms with van der Waals surface area (Å²) in [4.78, 5) is 11.9. The molecule has 110 valence electrons. The molecule has 0 fully saturated rings. The predicted molar refractivity (Wildman–Crippen MR) is 84.8 cm³/mol. The van der Waals surface area contributed by atoms with Crippen molar-refractivity contribution in [1.82, 2.24) is 0 Å². The Morgan fingerprint density at radius 2 is 1.52 bits per heavy atom. The Bertz CT molecular complexity index is 534. The van der Waals surface area contributed by atoms with Crippen LogP contribution in [0.4, 0.5) is 0 Å². The van der Waals surface area contributed by atoms with Gasteiger partial charge in [-0.25, -0.2) is 0 Å². The van der Waals surface area contributed by atoms with Crippen molar-refractivity contribution >= 4 is 5.97 Å². The molecule has 0 radical (unpaired) electrons. The van der Waals surface area contributed by atoms with Crippen LogP contribution in [-0.2, 0) is 22.6 Å². The fraction of sp³-hybridized carbons (Fsp3) is 0.316. The lowest BCUT2D eigenvalue weighted by Crippen LogP contribution is -2.15. The standard InChI is InChI=1S/C19H22O2/c1-16(9-8-14-17-10-4-2-5-11-17)19(20)21-15-18-12-6-3-7-13-18/h2-7,10-13,16H,8-9,14-15H2,1H3.